The molecule has 0 saturated carbocycles. The number of nitrogens with one attached hydrogen (secondary N) is 1. The molecule has 1 aromatic carbocycles. The Hall–Kier alpha value is -2.83. The number of anilines is 1. The molecular formula is C16H12ClF3N4O2. The number of nitriles is 1. The minimum Gasteiger partial charge on any atom is -0.374 e. The zero-order valence-electron chi connectivity index (χ0n) is 13.1. The first-order valence-corrected chi connectivity index (χ1v) is 7.43. The molecule has 0 aliphatic rings. The van der Waals surface area contributed by atoms with Crippen molar-refractivity contribution < 1.29 is 23.1 Å². The van der Waals surface area contributed by atoms with E-state index in [0.29, 0.717) is 6.07 Å². The van der Waals surface area contributed by atoms with Crippen LogP contribution in [0.5, 0.6) is 0 Å². The van der Waals surface area contributed by atoms with E-state index in [4.69, 9.17) is 16.9 Å². The van der Waals surface area contributed by atoms with Crippen LogP contribution in [-0.2, 0) is 17.5 Å². The summed E-state index contributed by atoms with van der Waals surface area (Å²) in [7, 11) is 0. The lowest BCUT2D eigenvalue weighted by atomic mass is 10.0. The number of benzene rings is 1. The molecule has 6 nitrogen and oxygen atoms in total. The first-order chi connectivity index (χ1) is 12.1. The van der Waals surface area contributed by atoms with Gasteiger partial charge in [-0.05, 0) is 24.3 Å². The number of hydrogen-bond donors (Lipinski definition) is 2. The number of amides is 1. The van der Waals surface area contributed by atoms with Crippen LogP contribution in [0, 0.1) is 11.3 Å². The fraction of sp³-hybridized carbons (Fsp3) is 0.188. The van der Waals surface area contributed by atoms with E-state index in [0.717, 1.165) is 18.2 Å². The van der Waals surface area contributed by atoms with Crippen LogP contribution in [0.25, 0.3) is 0 Å². The van der Waals surface area contributed by atoms with Crippen molar-refractivity contribution in [3.8, 4) is 6.07 Å². The van der Waals surface area contributed by atoms with Crippen LogP contribution in [0.2, 0.25) is 5.02 Å². The Morgan fingerprint density at radius 2 is 2.19 bits per heavy atom. The molecule has 2 aromatic rings. The molecule has 1 heterocycles. The molecule has 0 radical (unpaired) electrons. The Labute approximate surface area is 151 Å². The van der Waals surface area contributed by atoms with Crippen molar-refractivity contribution in [2.24, 2.45) is 0 Å². The van der Waals surface area contributed by atoms with Crippen molar-refractivity contribution >= 4 is 23.2 Å². The molecular weight excluding hydrogens is 373 g/mol. The first-order valence-electron chi connectivity index (χ1n) is 7.06. The van der Waals surface area contributed by atoms with Crippen molar-refractivity contribution in [1.82, 2.24) is 9.78 Å². The Morgan fingerprint density at radius 3 is 2.69 bits per heavy atom. The molecule has 26 heavy (non-hydrogen) atoms. The fourth-order valence-electron chi connectivity index (χ4n) is 2.09. The van der Waals surface area contributed by atoms with Crippen molar-refractivity contribution in [2.75, 3.05) is 5.32 Å². The van der Waals surface area contributed by atoms with Gasteiger partial charge in [-0.25, -0.2) is 0 Å². The van der Waals surface area contributed by atoms with Crippen molar-refractivity contribution in [1.29, 1.82) is 5.26 Å². The molecule has 0 bridgehead atoms. The van der Waals surface area contributed by atoms with E-state index < -0.39 is 28.8 Å². The minimum absolute atomic E-state index is 0.236. The van der Waals surface area contributed by atoms with Gasteiger partial charge in [-0.15, -0.1) is 0 Å². The third-order valence-corrected chi connectivity index (χ3v) is 3.63. The highest BCUT2D eigenvalue weighted by Gasteiger charge is 2.36. The summed E-state index contributed by atoms with van der Waals surface area (Å²) >= 11 is 5.71. The number of aromatic nitrogens is 2. The monoisotopic (exact) mass is 384 g/mol. The largest absolute Gasteiger partial charge is 0.417 e. The van der Waals surface area contributed by atoms with Gasteiger partial charge in [0.05, 0.1) is 35.0 Å². The van der Waals surface area contributed by atoms with Gasteiger partial charge in [0.1, 0.15) is 0 Å². The van der Waals surface area contributed by atoms with Gasteiger partial charge in [0.25, 0.3) is 5.91 Å². The van der Waals surface area contributed by atoms with Crippen LogP contribution in [0.1, 0.15) is 11.1 Å². The van der Waals surface area contributed by atoms with Gasteiger partial charge < -0.3 is 10.4 Å². The summed E-state index contributed by atoms with van der Waals surface area (Å²) in [5, 5.41) is 25.5. The molecule has 0 aliphatic heterocycles. The van der Waals surface area contributed by atoms with Crippen LogP contribution in [0.15, 0.2) is 43.2 Å². The minimum atomic E-state index is -4.77. The zero-order chi connectivity index (χ0) is 19.5. The van der Waals surface area contributed by atoms with E-state index >= 15 is 0 Å². The van der Waals surface area contributed by atoms with E-state index in [9.17, 15) is 23.1 Å². The molecule has 2 rings (SSSR count). The van der Waals surface area contributed by atoms with Crippen LogP contribution in [0.4, 0.5) is 18.9 Å². The lowest BCUT2D eigenvalue weighted by Crippen LogP contribution is -2.44. The Bertz CT molecular complexity index is 888. The number of rotatable bonds is 5. The summed E-state index contributed by atoms with van der Waals surface area (Å²) in [6.45, 7) is 3.02. The van der Waals surface area contributed by atoms with Crippen LogP contribution in [0.3, 0.4) is 0 Å². The standard InChI is InChI=1S/C16H12ClF3N4O2/c1-2-15(26,9-24-8-11(17)7-22-24)14(25)23-12-4-3-10(6-21)13(5-12)16(18,19)20/h2-5,7-8,26H,1,9H2,(H,23,25). The summed E-state index contributed by atoms with van der Waals surface area (Å²) in [5.74, 6) is -1.02. The summed E-state index contributed by atoms with van der Waals surface area (Å²) in [5.41, 5.74) is -4.17. The SMILES string of the molecule is C=CC(O)(Cn1cc(Cl)cn1)C(=O)Nc1ccc(C#N)c(C(F)(F)F)c1. The molecule has 0 aliphatic carbocycles. The normalized spacial score (nSPS) is 13.5. The van der Waals surface area contributed by atoms with Crippen LogP contribution in [-0.4, -0.2) is 26.4 Å². The Morgan fingerprint density at radius 1 is 1.50 bits per heavy atom. The predicted octanol–water partition coefficient (Wildman–Crippen LogP) is 2.98. The van der Waals surface area contributed by atoms with E-state index in [1.54, 1.807) is 0 Å². The lowest BCUT2D eigenvalue weighted by molar-refractivity contribution is -0.137. The summed E-state index contributed by atoms with van der Waals surface area (Å²) in [6.07, 6.45) is -1.19. The lowest BCUT2D eigenvalue weighted by Gasteiger charge is -2.23. The molecule has 10 heteroatoms. The number of hydrogen-bond acceptors (Lipinski definition) is 4. The molecule has 1 aromatic heterocycles. The number of carbonyl (C=O) groups excluding carboxylic acids is 1. The van der Waals surface area contributed by atoms with Crippen LogP contribution < -0.4 is 5.32 Å². The summed E-state index contributed by atoms with van der Waals surface area (Å²) < 4.78 is 40.2. The Balaban J connectivity index is 2.27. The smallest absolute Gasteiger partial charge is 0.374 e. The van der Waals surface area contributed by atoms with Crippen molar-refractivity contribution in [2.45, 2.75) is 18.3 Å². The average Bonchev–Trinajstić information content (AvgIpc) is 2.98. The molecule has 0 spiro atoms. The summed E-state index contributed by atoms with van der Waals surface area (Å²) in [6, 6.07) is 4.11. The number of halogens is 4. The maximum Gasteiger partial charge on any atom is 0.417 e. The quantitative estimate of drug-likeness (QED) is 0.775. The maximum absolute atomic E-state index is 13.0. The highest BCUT2D eigenvalue weighted by molar-refractivity contribution is 6.30. The maximum atomic E-state index is 13.0. The van der Waals surface area contributed by atoms with Crippen LogP contribution >= 0.6 is 11.6 Å². The highest BCUT2D eigenvalue weighted by atomic mass is 35.5. The third-order valence-electron chi connectivity index (χ3n) is 3.44. The molecule has 1 unspecified atom stereocenters. The number of aliphatic hydroxyl groups is 1. The van der Waals surface area contributed by atoms with Gasteiger partial charge in [0, 0.05) is 11.9 Å². The van der Waals surface area contributed by atoms with E-state index in [-0.39, 0.29) is 17.3 Å². The first kappa shape index (κ1) is 19.5. The zero-order valence-corrected chi connectivity index (χ0v) is 13.8. The highest BCUT2D eigenvalue weighted by Crippen LogP contribution is 2.33. The molecule has 0 fully saturated rings. The second-order valence-corrected chi connectivity index (χ2v) is 5.74. The number of alkyl halides is 3. The number of nitrogens with zero attached hydrogens (tertiary/aromatic N) is 3. The molecule has 2 N–H and O–H groups in total. The molecule has 1 atom stereocenters. The topological polar surface area (TPSA) is 90.9 Å². The third kappa shape index (κ3) is 4.22. The van der Waals surface area contributed by atoms with Gasteiger partial charge >= 0.3 is 6.18 Å². The van der Waals surface area contributed by atoms with E-state index in [1.165, 1.54) is 23.1 Å². The van der Waals surface area contributed by atoms with Gasteiger partial charge in [0.15, 0.2) is 5.60 Å². The Kier molecular flexibility index (Phi) is 5.39. The van der Waals surface area contributed by atoms with Crippen molar-refractivity contribution in [3.63, 3.8) is 0 Å². The molecule has 136 valence electrons. The van der Waals surface area contributed by atoms with E-state index in [1.807, 2.05) is 0 Å². The molecule has 0 saturated heterocycles. The number of carbonyl (C=O) groups is 1. The average molecular weight is 385 g/mol. The predicted molar refractivity (Wildman–Crippen MR) is 87.2 cm³/mol. The van der Waals surface area contributed by atoms with Crippen molar-refractivity contribution in [3.05, 3.63) is 59.4 Å². The van der Waals surface area contributed by atoms with Gasteiger partial charge in [-0.1, -0.05) is 18.2 Å². The van der Waals surface area contributed by atoms with Gasteiger partial charge in [-0.2, -0.15) is 23.5 Å². The fourth-order valence-corrected chi connectivity index (χ4v) is 2.25. The summed E-state index contributed by atoms with van der Waals surface area (Å²) in [4.78, 5) is 12.3. The van der Waals surface area contributed by atoms with Gasteiger partial charge in [-0.3, -0.25) is 9.48 Å². The van der Waals surface area contributed by atoms with E-state index in [2.05, 4.69) is 17.0 Å². The van der Waals surface area contributed by atoms with Gasteiger partial charge in [0.2, 0.25) is 0 Å². The second kappa shape index (κ2) is 7.19. The molecule has 1 amide bonds. The second-order valence-electron chi connectivity index (χ2n) is 5.31.